The van der Waals surface area contributed by atoms with Crippen molar-refractivity contribution in [3.05, 3.63) is 81.0 Å². The van der Waals surface area contributed by atoms with Gasteiger partial charge in [0, 0.05) is 11.4 Å². The molecule has 0 bridgehead atoms. The Labute approximate surface area is 212 Å². The van der Waals surface area contributed by atoms with Crippen molar-refractivity contribution in [2.45, 2.75) is 37.3 Å². The van der Waals surface area contributed by atoms with Crippen LogP contribution in [0.15, 0.2) is 64.5 Å². The normalized spacial score (nSPS) is 12.9. The number of ether oxygens (including phenoxy) is 1. The molecule has 8 heteroatoms. The molecule has 1 aliphatic carbocycles. The maximum Gasteiger partial charge on any atom is 0.267 e. The van der Waals surface area contributed by atoms with Gasteiger partial charge in [-0.1, -0.05) is 42.1 Å². The van der Waals surface area contributed by atoms with Crippen molar-refractivity contribution >= 4 is 39.2 Å². The zero-order valence-corrected chi connectivity index (χ0v) is 21.2. The largest absolute Gasteiger partial charge is 0.497 e. The summed E-state index contributed by atoms with van der Waals surface area (Å²) in [6.45, 7) is 0.543. The van der Waals surface area contributed by atoms with Gasteiger partial charge in [0.25, 0.3) is 5.56 Å². The fraction of sp³-hybridized carbons (Fsp3) is 0.296. The lowest BCUT2D eigenvalue weighted by atomic mass is 9.97. The molecular weight excluding hydrogens is 478 g/mol. The van der Waals surface area contributed by atoms with Gasteiger partial charge in [-0.2, -0.15) is 0 Å². The standard InChI is InChI=1S/C27H27N3O3S2/c1-33-20-13-11-18(12-14-20)15-16-28-23(31)17-34-27-29-25-24(21-9-5-6-10-22(21)35-25)26(32)30(27)19-7-3-2-4-8-19/h2-4,7-8,11-14H,5-6,9-10,15-17H2,1H3,(H,28,31). The first-order chi connectivity index (χ1) is 17.1. The first-order valence-corrected chi connectivity index (χ1v) is 13.6. The van der Waals surface area contributed by atoms with Gasteiger partial charge >= 0.3 is 0 Å². The van der Waals surface area contributed by atoms with Gasteiger partial charge in [-0.25, -0.2) is 4.98 Å². The number of nitrogens with one attached hydrogen (secondary N) is 1. The van der Waals surface area contributed by atoms with E-state index in [1.165, 1.54) is 22.2 Å². The number of carbonyl (C=O) groups excluding carboxylic acids is 1. The molecule has 0 spiro atoms. The molecule has 4 aromatic rings. The summed E-state index contributed by atoms with van der Waals surface area (Å²) in [6.07, 6.45) is 4.95. The number of hydrogen-bond acceptors (Lipinski definition) is 6. The van der Waals surface area contributed by atoms with E-state index in [1.54, 1.807) is 23.0 Å². The first kappa shape index (κ1) is 23.6. The van der Waals surface area contributed by atoms with Crippen molar-refractivity contribution < 1.29 is 9.53 Å². The Kier molecular flexibility index (Phi) is 7.20. The van der Waals surface area contributed by atoms with E-state index in [0.29, 0.717) is 11.7 Å². The van der Waals surface area contributed by atoms with E-state index in [-0.39, 0.29) is 17.2 Å². The molecule has 0 fully saturated rings. The summed E-state index contributed by atoms with van der Waals surface area (Å²) >= 11 is 2.94. The lowest BCUT2D eigenvalue weighted by molar-refractivity contribution is -0.118. The van der Waals surface area contributed by atoms with Crippen LogP contribution in [0.3, 0.4) is 0 Å². The number of amides is 1. The molecule has 35 heavy (non-hydrogen) atoms. The topological polar surface area (TPSA) is 73.2 Å². The first-order valence-electron chi connectivity index (χ1n) is 11.8. The third-order valence-corrected chi connectivity index (χ3v) is 8.32. The highest BCUT2D eigenvalue weighted by molar-refractivity contribution is 7.99. The number of nitrogens with zero attached hydrogens (tertiary/aromatic N) is 2. The number of thioether (sulfide) groups is 1. The molecule has 0 aliphatic heterocycles. The lowest BCUT2D eigenvalue weighted by Crippen LogP contribution is -2.28. The highest BCUT2D eigenvalue weighted by Crippen LogP contribution is 2.35. The van der Waals surface area contributed by atoms with Crippen LogP contribution in [0.25, 0.3) is 15.9 Å². The number of methoxy groups -OCH3 is 1. The number of para-hydroxylation sites is 1. The number of fused-ring (bicyclic) bond motifs is 3. The molecule has 1 aliphatic rings. The summed E-state index contributed by atoms with van der Waals surface area (Å²) in [4.78, 5) is 33.3. The zero-order chi connectivity index (χ0) is 24.2. The quantitative estimate of drug-likeness (QED) is 0.275. The van der Waals surface area contributed by atoms with Gasteiger partial charge in [-0.05, 0) is 67.5 Å². The average molecular weight is 506 g/mol. The molecule has 0 radical (unpaired) electrons. The summed E-state index contributed by atoms with van der Waals surface area (Å²) in [6, 6.07) is 17.4. The molecule has 180 valence electrons. The van der Waals surface area contributed by atoms with Crippen molar-refractivity contribution in [3.63, 3.8) is 0 Å². The van der Waals surface area contributed by atoms with Gasteiger partial charge < -0.3 is 10.1 Å². The van der Waals surface area contributed by atoms with E-state index in [2.05, 4.69) is 5.32 Å². The van der Waals surface area contributed by atoms with Crippen molar-refractivity contribution in [3.8, 4) is 11.4 Å². The van der Waals surface area contributed by atoms with Crippen molar-refractivity contribution in [2.75, 3.05) is 19.4 Å². The van der Waals surface area contributed by atoms with Crippen LogP contribution < -0.4 is 15.6 Å². The smallest absolute Gasteiger partial charge is 0.267 e. The number of aryl methyl sites for hydroxylation is 2. The van der Waals surface area contributed by atoms with Gasteiger partial charge in [-0.15, -0.1) is 11.3 Å². The molecule has 5 rings (SSSR count). The highest BCUT2D eigenvalue weighted by atomic mass is 32.2. The number of aromatic nitrogens is 2. The second-order valence-electron chi connectivity index (χ2n) is 8.50. The predicted molar refractivity (Wildman–Crippen MR) is 142 cm³/mol. The van der Waals surface area contributed by atoms with Crippen LogP contribution in [0.5, 0.6) is 5.75 Å². The zero-order valence-electron chi connectivity index (χ0n) is 19.6. The number of thiophene rings is 1. The van der Waals surface area contributed by atoms with Crippen LogP contribution in [0, 0.1) is 0 Å². The van der Waals surface area contributed by atoms with Crippen LogP contribution in [-0.4, -0.2) is 34.9 Å². The number of hydrogen-bond donors (Lipinski definition) is 1. The molecule has 0 saturated carbocycles. The van der Waals surface area contributed by atoms with E-state index >= 15 is 0 Å². The predicted octanol–water partition coefficient (Wildman–Crippen LogP) is 4.79. The highest BCUT2D eigenvalue weighted by Gasteiger charge is 2.23. The molecule has 0 unspecified atom stereocenters. The van der Waals surface area contributed by atoms with Gasteiger partial charge in [0.1, 0.15) is 10.6 Å². The van der Waals surface area contributed by atoms with Crippen LogP contribution in [0.2, 0.25) is 0 Å². The summed E-state index contributed by atoms with van der Waals surface area (Å²) < 4.78 is 6.85. The van der Waals surface area contributed by atoms with E-state index in [9.17, 15) is 9.59 Å². The van der Waals surface area contributed by atoms with Crippen molar-refractivity contribution in [2.24, 2.45) is 0 Å². The minimum Gasteiger partial charge on any atom is -0.497 e. The molecule has 6 nitrogen and oxygen atoms in total. The number of benzene rings is 2. The Hall–Kier alpha value is -3.10. The Morgan fingerprint density at radius 1 is 1.11 bits per heavy atom. The second kappa shape index (κ2) is 10.7. The Morgan fingerprint density at radius 3 is 2.66 bits per heavy atom. The van der Waals surface area contributed by atoms with Gasteiger partial charge in [0.15, 0.2) is 5.16 Å². The van der Waals surface area contributed by atoms with E-state index in [1.807, 2.05) is 54.6 Å². The number of rotatable bonds is 8. The van der Waals surface area contributed by atoms with Gasteiger partial charge in [0.2, 0.25) is 5.91 Å². The van der Waals surface area contributed by atoms with Gasteiger partial charge in [-0.3, -0.25) is 14.2 Å². The molecule has 2 heterocycles. The fourth-order valence-corrected chi connectivity index (χ4v) is 6.55. The van der Waals surface area contributed by atoms with E-state index < -0.39 is 0 Å². The molecule has 2 aromatic carbocycles. The summed E-state index contributed by atoms with van der Waals surface area (Å²) in [5, 5.41) is 4.28. The Balaban J connectivity index is 1.34. The minimum atomic E-state index is -0.0806. The lowest BCUT2D eigenvalue weighted by Gasteiger charge is -2.13. The minimum absolute atomic E-state index is 0.0389. The van der Waals surface area contributed by atoms with E-state index in [4.69, 9.17) is 9.72 Å². The Bertz CT molecular complexity index is 1400. The third-order valence-electron chi connectivity index (χ3n) is 6.20. The van der Waals surface area contributed by atoms with Crippen LogP contribution in [-0.2, 0) is 24.1 Å². The summed E-state index contributed by atoms with van der Waals surface area (Å²) in [5.74, 6) is 0.927. The molecule has 1 N–H and O–H groups in total. The second-order valence-corrected chi connectivity index (χ2v) is 10.5. The van der Waals surface area contributed by atoms with Crippen molar-refractivity contribution in [1.29, 1.82) is 0 Å². The van der Waals surface area contributed by atoms with Crippen LogP contribution in [0.4, 0.5) is 0 Å². The Morgan fingerprint density at radius 2 is 1.89 bits per heavy atom. The van der Waals surface area contributed by atoms with Crippen molar-refractivity contribution in [1.82, 2.24) is 14.9 Å². The monoisotopic (exact) mass is 505 g/mol. The average Bonchev–Trinajstić information content (AvgIpc) is 3.27. The molecule has 1 amide bonds. The van der Waals surface area contributed by atoms with Crippen LogP contribution >= 0.6 is 23.1 Å². The molecular formula is C27H27N3O3S2. The summed E-state index contributed by atoms with van der Waals surface area (Å²) in [5.41, 5.74) is 3.03. The SMILES string of the molecule is COc1ccc(CCNC(=O)CSc2nc3sc4c(c3c(=O)n2-c2ccccc2)CCCC4)cc1. The van der Waals surface area contributed by atoms with Crippen LogP contribution in [0.1, 0.15) is 28.8 Å². The van der Waals surface area contributed by atoms with Gasteiger partial charge in [0.05, 0.1) is 23.9 Å². The maximum absolute atomic E-state index is 13.7. The fourth-order valence-electron chi connectivity index (χ4n) is 4.41. The third kappa shape index (κ3) is 5.13. The molecule has 2 aromatic heterocycles. The number of carbonyl (C=O) groups is 1. The molecule has 0 atom stereocenters. The molecule has 0 saturated heterocycles. The maximum atomic E-state index is 13.7. The van der Waals surface area contributed by atoms with E-state index in [0.717, 1.165) is 59.3 Å². The summed E-state index contributed by atoms with van der Waals surface area (Å²) in [7, 11) is 1.64.